The molecule has 0 bridgehead atoms. The molecule has 0 aliphatic carbocycles. The molecule has 0 atom stereocenters. The molecule has 0 fully saturated rings. The van der Waals surface area contributed by atoms with Gasteiger partial charge in [0.15, 0.2) is 0 Å². The van der Waals surface area contributed by atoms with Crippen LogP contribution < -0.4 is 10.1 Å². The fourth-order valence-corrected chi connectivity index (χ4v) is 2.81. The van der Waals surface area contributed by atoms with Crippen LogP contribution in [0.5, 0.6) is 5.88 Å². The molecule has 5 nitrogen and oxygen atoms in total. The number of hydrogen-bond donors (Lipinski definition) is 1. The standard InChI is InChI=1S/C23H25N3O2/c1-18-10-12-20(13-11-18)21-14-15-23(26-25-21)28-17-16-24-22(27)9-5-8-19-6-3-2-4-7-19/h2-4,6-7,10-15H,5,8-9,16-17H2,1H3,(H,24,27). The van der Waals surface area contributed by atoms with Crippen LogP contribution in [0, 0.1) is 6.92 Å². The zero-order chi connectivity index (χ0) is 19.6. The summed E-state index contributed by atoms with van der Waals surface area (Å²) in [7, 11) is 0. The number of nitrogens with zero attached hydrogens (tertiary/aromatic N) is 2. The number of hydrogen-bond acceptors (Lipinski definition) is 4. The molecule has 0 aliphatic heterocycles. The normalized spacial score (nSPS) is 10.5. The first-order valence-electron chi connectivity index (χ1n) is 9.55. The molecule has 0 unspecified atom stereocenters. The van der Waals surface area contributed by atoms with E-state index in [4.69, 9.17) is 4.74 Å². The van der Waals surface area contributed by atoms with Crippen LogP contribution in [-0.2, 0) is 11.2 Å². The van der Waals surface area contributed by atoms with Gasteiger partial charge in [-0.05, 0) is 31.4 Å². The van der Waals surface area contributed by atoms with E-state index in [9.17, 15) is 4.79 Å². The van der Waals surface area contributed by atoms with Gasteiger partial charge in [-0.25, -0.2) is 0 Å². The number of aromatic nitrogens is 2. The van der Waals surface area contributed by atoms with Gasteiger partial charge in [-0.1, -0.05) is 60.2 Å². The molecule has 144 valence electrons. The molecule has 3 rings (SSSR count). The maximum Gasteiger partial charge on any atom is 0.233 e. The van der Waals surface area contributed by atoms with E-state index in [1.54, 1.807) is 6.07 Å². The highest BCUT2D eigenvalue weighted by Gasteiger charge is 2.04. The van der Waals surface area contributed by atoms with Gasteiger partial charge in [-0.2, -0.15) is 0 Å². The van der Waals surface area contributed by atoms with Gasteiger partial charge in [0.2, 0.25) is 11.8 Å². The average molecular weight is 375 g/mol. The Morgan fingerprint density at radius 2 is 1.75 bits per heavy atom. The summed E-state index contributed by atoms with van der Waals surface area (Å²) in [5.41, 5.74) is 4.29. The lowest BCUT2D eigenvalue weighted by Gasteiger charge is -2.07. The Kier molecular flexibility index (Phi) is 7.13. The highest BCUT2D eigenvalue weighted by molar-refractivity contribution is 5.75. The van der Waals surface area contributed by atoms with Crippen molar-refractivity contribution < 1.29 is 9.53 Å². The van der Waals surface area contributed by atoms with E-state index < -0.39 is 0 Å². The van der Waals surface area contributed by atoms with E-state index in [2.05, 4.69) is 34.6 Å². The quantitative estimate of drug-likeness (QED) is 0.575. The van der Waals surface area contributed by atoms with Crippen LogP contribution >= 0.6 is 0 Å². The molecule has 0 saturated carbocycles. The Hall–Kier alpha value is -3.21. The molecule has 0 spiro atoms. The second-order valence-electron chi connectivity index (χ2n) is 6.66. The molecule has 2 aromatic carbocycles. The molecule has 1 heterocycles. The van der Waals surface area contributed by atoms with Crippen molar-refractivity contribution in [3.8, 4) is 17.1 Å². The molecule has 1 N–H and O–H groups in total. The Balaban J connectivity index is 1.33. The summed E-state index contributed by atoms with van der Waals surface area (Å²) in [5, 5.41) is 11.2. The maximum absolute atomic E-state index is 11.9. The van der Waals surface area contributed by atoms with Gasteiger partial charge in [0.1, 0.15) is 6.61 Å². The first-order chi connectivity index (χ1) is 13.7. The average Bonchev–Trinajstić information content (AvgIpc) is 2.73. The van der Waals surface area contributed by atoms with Gasteiger partial charge < -0.3 is 10.1 Å². The lowest BCUT2D eigenvalue weighted by molar-refractivity contribution is -0.121. The number of carbonyl (C=O) groups excluding carboxylic acids is 1. The van der Waals surface area contributed by atoms with Crippen molar-refractivity contribution in [3.05, 3.63) is 77.9 Å². The second kappa shape index (κ2) is 10.2. The van der Waals surface area contributed by atoms with Gasteiger partial charge in [0.25, 0.3) is 0 Å². The van der Waals surface area contributed by atoms with Crippen molar-refractivity contribution in [2.24, 2.45) is 0 Å². The molecule has 0 saturated heterocycles. The molecule has 0 radical (unpaired) electrons. The van der Waals surface area contributed by atoms with Gasteiger partial charge in [0.05, 0.1) is 12.2 Å². The highest BCUT2D eigenvalue weighted by Crippen LogP contribution is 2.18. The summed E-state index contributed by atoms with van der Waals surface area (Å²) >= 11 is 0. The Morgan fingerprint density at radius 1 is 0.964 bits per heavy atom. The summed E-state index contributed by atoms with van der Waals surface area (Å²) in [6.07, 6.45) is 2.26. The van der Waals surface area contributed by atoms with Crippen molar-refractivity contribution in [2.45, 2.75) is 26.2 Å². The molecule has 1 aromatic heterocycles. The van der Waals surface area contributed by atoms with E-state index in [1.165, 1.54) is 11.1 Å². The number of aryl methyl sites for hydroxylation is 2. The third kappa shape index (κ3) is 6.20. The molecule has 1 amide bonds. The molecular weight excluding hydrogens is 350 g/mol. The number of carbonyl (C=O) groups is 1. The van der Waals surface area contributed by atoms with Gasteiger partial charge in [0, 0.05) is 18.1 Å². The smallest absolute Gasteiger partial charge is 0.233 e. The van der Waals surface area contributed by atoms with Crippen LogP contribution in [0.25, 0.3) is 11.3 Å². The van der Waals surface area contributed by atoms with E-state index in [0.29, 0.717) is 25.5 Å². The van der Waals surface area contributed by atoms with Crippen LogP contribution in [0.2, 0.25) is 0 Å². The molecule has 5 heteroatoms. The van der Waals surface area contributed by atoms with Crippen LogP contribution in [0.3, 0.4) is 0 Å². The van der Waals surface area contributed by atoms with Gasteiger partial charge in [-0.3, -0.25) is 4.79 Å². The number of ether oxygens (including phenoxy) is 1. The third-order valence-electron chi connectivity index (χ3n) is 4.37. The van der Waals surface area contributed by atoms with Gasteiger partial charge >= 0.3 is 0 Å². The van der Waals surface area contributed by atoms with E-state index in [0.717, 1.165) is 24.1 Å². The van der Waals surface area contributed by atoms with Crippen molar-refractivity contribution >= 4 is 5.91 Å². The number of amides is 1. The summed E-state index contributed by atoms with van der Waals surface area (Å²) in [4.78, 5) is 11.9. The molecule has 0 aliphatic rings. The van der Waals surface area contributed by atoms with Crippen LogP contribution in [-0.4, -0.2) is 29.3 Å². The molecular formula is C23H25N3O2. The Bertz CT molecular complexity index is 863. The summed E-state index contributed by atoms with van der Waals surface area (Å²) in [6.45, 7) is 2.86. The SMILES string of the molecule is Cc1ccc(-c2ccc(OCCNC(=O)CCCc3ccccc3)nn2)cc1. The van der Waals surface area contributed by atoms with Crippen molar-refractivity contribution in [2.75, 3.05) is 13.2 Å². The molecule has 3 aromatic rings. The Labute approximate surface area is 165 Å². The van der Waals surface area contributed by atoms with E-state index >= 15 is 0 Å². The first-order valence-corrected chi connectivity index (χ1v) is 9.55. The zero-order valence-electron chi connectivity index (χ0n) is 16.1. The predicted octanol–water partition coefficient (Wildman–Crippen LogP) is 3.97. The van der Waals surface area contributed by atoms with Crippen LogP contribution in [0.4, 0.5) is 0 Å². The lowest BCUT2D eigenvalue weighted by Crippen LogP contribution is -2.28. The lowest BCUT2D eigenvalue weighted by atomic mass is 10.1. The fourth-order valence-electron chi connectivity index (χ4n) is 2.81. The summed E-state index contributed by atoms with van der Waals surface area (Å²) in [6, 6.07) is 22.0. The minimum Gasteiger partial charge on any atom is -0.475 e. The highest BCUT2D eigenvalue weighted by atomic mass is 16.5. The number of benzene rings is 2. The van der Waals surface area contributed by atoms with Crippen LogP contribution in [0.15, 0.2) is 66.7 Å². The minimum absolute atomic E-state index is 0.0420. The third-order valence-corrected chi connectivity index (χ3v) is 4.37. The summed E-state index contributed by atoms with van der Waals surface area (Å²) in [5.74, 6) is 0.495. The minimum atomic E-state index is 0.0420. The van der Waals surface area contributed by atoms with Crippen molar-refractivity contribution in [1.29, 1.82) is 0 Å². The number of nitrogens with one attached hydrogen (secondary N) is 1. The Morgan fingerprint density at radius 3 is 2.46 bits per heavy atom. The fraction of sp³-hybridized carbons (Fsp3) is 0.261. The first kappa shape index (κ1) is 19.5. The predicted molar refractivity (Wildman–Crippen MR) is 110 cm³/mol. The number of rotatable bonds is 9. The van der Waals surface area contributed by atoms with E-state index in [1.807, 2.05) is 48.5 Å². The topological polar surface area (TPSA) is 64.1 Å². The maximum atomic E-state index is 11.9. The van der Waals surface area contributed by atoms with E-state index in [-0.39, 0.29) is 5.91 Å². The van der Waals surface area contributed by atoms with Crippen LogP contribution in [0.1, 0.15) is 24.0 Å². The van der Waals surface area contributed by atoms with Crippen molar-refractivity contribution in [3.63, 3.8) is 0 Å². The monoisotopic (exact) mass is 375 g/mol. The summed E-state index contributed by atoms with van der Waals surface area (Å²) < 4.78 is 5.55. The molecule has 28 heavy (non-hydrogen) atoms. The van der Waals surface area contributed by atoms with Gasteiger partial charge in [-0.15, -0.1) is 10.2 Å². The largest absolute Gasteiger partial charge is 0.475 e. The second-order valence-corrected chi connectivity index (χ2v) is 6.66. The van der Waals surface area contributed by atoms with Crippen molar-refractivity contribution in [1.82, 2.24) is 15.5 Å². The zero-order valence-corrected chi connectivity index (χ0v) is 16.1.